The second kappa shape index (κ2) is 6.91. The Labute approximate surface area is 151 Å². The summed E-state index contributed by atoms with van der Waals surface area (Å²) < 4.78 is 13.9. The van der Waals surface area contributed by atoms with Gasteiger partial charge in [0.2, 0.25) is 11.8 Å². The fourth-order valence-electron chi connectivity index (χ4n) is 2.60. The van der Waals surface area contributed by atoms with E-state index in [0.29, 0.717) is 12.2 Å². The van der Waals surface area contributed by atoms with Crippen molar-refractivity contribution < 1.29 is 14.0 Å². The first kappa shape index (κ1) is 16.9. The number of benzene rings is 2. The summed E-state index contributed by atoms with van der Waals surface area (Å²) >= 11 is 9.28. The molecule has 1 unspecified atom stereocenters. The molecule has 1 aliphatic rings. The van der Waals surface area contributed by atoms with Crippen molar-refractivity contribution in [3.8, 4) is 0 Å². The molecule has 2 aromatic rings. The smallest absolute Gasteiger partial charge is 0.229 e. The Kier molecular flexibility index (Phi) is 4.87. The predicted octanol–water partition coefficient (Wildman–Crippen LogP) is 4.23. The maximum absolute atomic E-state index is 13.1. The first-order valence-corrected chi connectivity index (χ1v) is 8.43. The highest BCUT2D eigenvalue weighted by Crippen LogP contribution is 2.29. The van der Waals surface area contributed by atoms with Crippen molar-refractivity contribution in [3.05, 3.63) is 57.8 Å². The summed E-state index contributed by atoms with van der Waals surface area (Å²) in [5, 5.41) is 2.78. The maximum atomic E-state index is 13.1. The number of amides is 2. The van der Waals surface area contributed by atoms with E-state index in [9.17, 15) is 14.0 Å². The van der Waals surface area contributed by atoms with Crippen LogP contribution in [0.25, 0.3) is 0 Å². The molecule has 0 aliphatic carbocycles. The molecule has 2 aromatic carbocycles. The standard InChI is InChI=1S/C17H13BrClFN2O2/c18-11-2-1-3-13(7-11)22-9-10(6-16(22)23)17(24)21-15-5-4-12(20)8-14(15)19/h1-5,7-8,10H,6,9H2,(H,21,24). The van der Waals surface area contributed by atoms with E-state index in [1.165, 1.54) is 12.1 Å². The van der Waals surface area contributed by atoms with Gasteiger partial charge in [-0.25, -0.2) is 4.39 Å². The number of nitrogens with zero attached hydrogens (tertiary/aromatic N) is 1. The lowest BCUT2D eigenvalue weighted by Crippen LogP contribution is -2.28. The zero-order valence-electron chi connectivity index (χ0n) is 12.4. The molecule has 2 amide bonds. The number of hydrogen-bond acceptors (Lipinski definition) is 2. The largest absolute Gasteiger partial charge is 0.324 e. The van der Waals surface area contributed by atoms with Gasteiger partial charge >= 0.3 is 0 Å². The van der Waals surface area contributed by atoms with Gasteiger partial charge in [0, 0.05) is 23.1 Å². The number of anilines is 2. The Morgan fingerprint density at radius 3 is 2.79 bits per heavy atom. The lowest BCUT2D eigenvalue weighted by Gasteiger charge is -2.17. The van der Waals surface area contributed by atoms with Gasteiger partial charge in [0.15, 0.2) is 0 Å². The summed E-state index contributed by atoms with van der Waals surface area (Å²) in [5.41, 5.74) is 1.07. The minimum Gasteiger partial charge on any atom is -0.324 e. The molecule has 0 radical (unpaired) electrons. The highest BCUT2D eigenvalue weighted by molar-refractivity contribution is 9.10. The molecule has 1 fully saturated rings. The summed E-state index contributed by atoms with van der Waals surface area (Å²) in [4.78, 5) is 26.2. The first-order chi connectivity index (χ1) is 11.4. The summed E-state index contributed by atoms with van der Waals surface area (Å²) in [6, 6.07) is 11.1. The van der Waals surface area contributed by atoms with Crippen molar-refractivity contribution in [1.82, 2.24) is 0 Å². The predicted molar refractivity (Wildman–Crippen MR) is 94.6 cm³/mol. The Bertz CT molecular complexity index is 815. The van der Waals surface area contributed by atoms with E-state index in [-0.39, 0.29) is 23.3 Å². The molecule has 1 N–H and O–H groups in total. The number of nitrogens with one attached hydrogen (secondary N) is 1. The van der Waals surface area contributed by atoms with Gasteiger partial charge in [-0.3, -0.25) is 9.59 Å². The van der Waals surface area contributed by atoms with Crippen molar-refractivity contribution >= 4 is 50.7 Å². The van der Waals surface area contributed by atoms with Crippen LogP contribution in [0.3, 0.4) is 0 Å². The van der Waals surface area contributed by atoms with Gasteiger partial charge in [0.1, 0.15) is 5.82 Å². The fourth-order valence-corrected chi connectivity index (χ4v) is 3.20. The molecule has 124 valence electrons. The van der Waals surface area contributed by atoms with Crippen molar-refractivity contribution in [2.24, 2.45) is 5.92 Å². The second-order valence-corrected chi connectivity index (χ2v) is 6.82. The van der Waals surface area contributed by atoms with Gasteiger partial charge in [-0.15, -0.1) is 0 Å². The zero-order chi connectivity index (χ0) is 17.3. The summed E-state index contributed by atoms with van der Waals surface area (Å²) in [7, 11) is 0. The molecular weight excluding hydrogens is 399 g/mol. The van der Waals surface area contributed by atoms with Crippen LogP contribution in [0.2, 0.25) is 5.02 Å². The van der Waals surface area contributed by atoms with Crippen molar-refractivity contribution in [3.63, 3.8) is 0 Å². The highest BCUT2D eigenvalue weighted by Gasteiger charge is 2.35. The molecule has 1 saturated heterocycles. The van der Waals surface area contributed by atoms with Gasteiger partial charge in [0.05, 0.1) is 16.6 Å². The Balaban J connectivity index is 1.72. The number of carbonyl (C=O) groups is 2. The molecule has 7 heteroatoms. The van der Waals surface area contributed by atoms with Crippen LogP contribution >= 0.6 is 27.5 Å². The van der Waals surface area contributed by atoms with E-state index < -0.39 is 11.7 Å². The molecule has 3 rings (SSSR count). The average Bonchev–Trinajstić information content (AvgIpc) is 2.92. The molecule has 0 aromatic heterocycles. The molecular formula is C17H13BrClFN2O2. The van der Waals surface area contributed by atoms with Crippen LogP contribution in [-0.2, 0) is 9.59 Å². The van der Waals surface area contributed by atoms with E-state index in [1.54, 1.807) is 4.90 Å². The van der Waals surface area contributed by atoms with Gasteiger partial charge in [-0.05, 0) is 36.4 Å². The van der Waals surface area contributed by atoms with Gasteiger partial charge < -0.3 is 10.2 Å². The van der Waals surface area contributed by atoms with Crippen LogP contribution in [0, 0.1) is 11.7 Å². The van der Waals surface area contributed by atoms with Crippen LogP contribution < -0.4 is 10.2 Å². The highest BCUT2D eigenvalue weighted by atomic mass is 79.9. The Hall–Kier alpha value is -1.92. The number of halogens is 3. The molecule has 1 heterocycles. The second-order valence-electron chi connectivity index (χ2n) is 5.50. The number of hydrogen-bond donors (Lipinski definition) is 1. The van der Waals surface area contributed by atoms with E-state index in [0.717, 1.165) is 16.2 Å². The monoisotopic (exact) mass is 410 g/mol. The lowest BCUT2D eigenvalue weighted by atomic mass is 10.1. The fraction of sp³-hybridized carbons (Fsp3) is 0.176. The topological polar surface area (TPSA) is 49.4 Å². The first-order valence-electron chi connectivity index (χ1n) is 7.26. The minimum absolute atomic E-state index is 0.113. The third kappa shape index (κ3) is 3.60. The van der Waals surface area contributed by atoms with Gasteiger partial charge in [-0.2, -0.15) is 0 Å². The minimum atomic E-state index is -0.488. The molecule has 4 nitrogen and oxygen atoms in total. The Morgan fingerprint density at radius 1 is 1.29 bits per heavy atom. The normalized spacial score (nSPS) is 17.2. The molecule has 1 atom stereocenters. The van der Waals surface area contributed by atoms with Crippen LogP contribution in [0.5, 0.6) is 0 Å². The summed E-state index contributed by atoms with van der Waals surface area (Å²) in [6.45, 7) is 0.292. The van der Waals surface area contributed by atoms with E-state index in [4.69, 9.17) is 11.6 Å². The Morgan fingerprint density at radius 2 is 2.08 bits per heavy atom. The van der Waals surface area contributed by atoms with E-state index in [1.807, 2.05) is 24.3 Å². The van der Waals surface area contributed by atoms with Crippen molar-refractivity contribution in [2.45, 2.75) is 6.42 Å². The molecule has 1 aliphatic heterocycles. The third-order valence-electron chi connectivity index (χ3n) is 3.80. The van der Waals surface area contributed by atoms with Crippen molar-refractivity contribution in [2.75, 3.05) is 16.8 Å². The summed E-state index contributed by atoms with van der Waals surface area (Å²) in [6.07, 6.45) is 0.122. The lowest BCUT2D eigenvalue weighted by molar-refractivity contribution is -0.122. The van der Waals surface area contributed by atoms with Crippen LogP contribution in [0.1, 0.15) is 6.42 Å². The number of rotatable bonds is 3. The van der Waals surface area contributed by atoms with Crippen molar-refractivity contribution in [1.29, 1.82) is 0 Å². The van der Waals surface area contributed by atoms with Gasteiger partial charge in [-0.1, -0.05) is 33.6 Å². The van der Waals surface area contributed by atoms with E-state index in [2.05, 4.69) is 21.2 Å². The number of carbonyl (C=O) groups excluding carboxylic acids is 2. The molecule has 0 spiro atoms. The van der Waals surface area contributed by atoms with Crippen LogP contribution in [-0.4, -0.2) is 18.4 Å². The SMILES string of the molecule is O=C(Nc1ccc(F)cc1Cl)C1CC(=O)N(c2cccc(Br)c2)C1. The molecule has 24 heavy (non-hydrogen) atoms. The van der Waals surface area contributed by atoms with E-state index >= 15 is 0 Å². The molecule has 0 saturated carbocycles. The quantitative estimate of drug-likeness (QED) is 0.821. The third-order valence-corrected chi connectivity index (χ3v) is 4.61. The van der Waals surface area contributed by atoms with Crippen LogP contribution in [0.15, 0.2) is 46.9 Å². The zero-order valence-corrected chi connectivity index (χ0v) is 14.8. The molecule has 0 bridgehead atoms. The van der Waals surface area contributed by atoms with Crippen LogP contribution in [0.4, 0.5) is 15.8 Å². The summed E-state index contributed by atoms with van der Waals surface area (Å²) in [5.74, 6) is -1.39. The maximum Gasteiger partial charge on any atom is 0.229 e. The van der Waals surface area contributed by atoms with Gasteiger partial charge in [0.25, 0.3) is 0 Å². The average molecular weight is 412 g/mol.